The summed E-state index contributed by atoms with van der Waals surface area (Å²) in [5.41, 5.74) is 3.76. The Morgan fingerprint density at radius 3 is 2.54 bits per heavy atom. The number of aryl methyl sites for hydroxylation is 2. The van der Waals surface area contributed by atoms with Gasteiger partial charge < -0.3 is 5.32 Å². The van der Waals surface area contributed by atoms with Gasteiger partial charge in [-0.05, 0) is 44.0 Å². The van der Waals surface area contributed by atoms with Crippen molar-refractivity contribution in [1.29, 1.82) is 0 Å². The lowest BCUT2D eigenvalue weighted by atomic mass is 10.1. The molecule has 1 unspecified atom stereocenters. The Balaban J connectivity index is 1.60. The summed E-state index contributed by atoms with van der Waals surface area (Å²) in [4.78, 5) is 24.7. The number of rotatable bonds is 6. The molecule has 0 aliphatic heterocycles. The Kier molecular flexibility index (Phi) is 6.16. The highest BCUT2D eigenvalue weighted by Crippen LogP contribution is 2.26. The SMILES string of the molecule is CCc1ccc(C(=O)NC(C)C(=O)Nc2nnc(-c3cccc(C)c3)s2)cc1. The molecule has 0 saturated heterocycles. The molecule has 3 rings (SSSR count). The summed E-state index contributed by atoms with van der Waals surface area (Å²) in [7, 11) is 0. The van der Waals surface area contributed by atoms with Crippen molar-refractivity contribution in [1.82, 2.24) is 15.5 Å². The fraction of sp³-hybridized carbons (Fsp3) is 0.238. The van der Waals surface area contributed by atoms with E-state index in [0.717, 1.165) is 28.1 Å². The molecular formula is C21H22N4O2S. The lowest BCUT2D eigenvalue weighted by Crippen LogP contribution is -2.41. The molecule has 1 atom stereocenters. The number of nitrogens with one attached hydrogen (secondary N) is 2. The first kappa shape index (κ1) is 19.7. The number of benzene rings is 2. The molecule has 0 bridgehead atoms. The Morgan fingerprint density at radius 2 is 1.86 bits per heavy atom. The van der Waals surface area contributed by atoms with Crippen molar-refractivity contribution in [2.24, 2.45) is 0 Å². The average molecular weight is 395 g/mol. The van der Waals surface area contributed by atoms with Crippen LogP contribution in [0.5, 0.6) is 0 Å². The third-order valence-electron chi connectivity index (χ3n) is 4.29. The molecular weight excluding hydrogens is 372 g/mol. The highest BCUT2D eigenvalue weighted by atomic mass is 32.1. The van der Waals surface area contributed by atoms with Crippen LogP contribution in [0.15, 0.2) is 48.5 Å². The number of anilines is 1. The van der Waals surface area contributed by atoms with Gasteiger partial charge in [0.2, 0.25) is 11.0 Å². The third kappa shape index (κ3) is 4.80. The number of carbonyl (C=O) groups excluding carboxylic acids is 2. The molecule has 0 radical (unpaired) electrons. The smallest absolute Gasteiger partial charge is 0.251 e. The summed E-state index contributed by atoms with van der Waals surface area (Å²) < 4.78 is 0. The van der Waals surface area contributed by atoms with Crippen molar-refractivity contribution in [3.63, 3.8) is 0 Å². The first-order valence-corrected chi connectivity index (χ1v) is 9.89. The minimum atomic E-state index is -0.704. The van der Waals surface area contributed by atoms with Gasteiger partial charge >= 0.3 is 0 Å². The molecule has 0 saturated carbocycles. The first-order valence-electron chi connectivity index (χ1n) is 9.07. The summed E-state index contributed by atoms with van der Waals surface area (Å²) in [6.45, 7) is 5.70. The van der Waals surface area contributed by atoms with E-state index < -0.39 is 6.04 Å². The number of carbonyl (C=O) groups is 2. The standard InChI is InChI=1S/C21H22N4O2S/c1-4-15-8-10-16(11-9-15)19(27)22-14(3)18(26)23-21-25-24-20(28-21)17-7-5-6-13(2)12-17/h5-12,14H,4H2,1-3H3,(H,22,27)(H,23,25,26). The zero-order valence-electron chi connectivity index (χ0n) is 16.0. The third-order valence-corrected chi connectivity index (χ3v) is 5.17. The van der Waals surface area contributed by atoms with Crippen molar-refractivity contribution >= 4 is 28.3 Å². The lowest BCUT2D eigenvalue weighted by Gasteiger charge is -2.13. The Morgan fingerprint density at radius 1 is 1.11 bits per heavy atom. The van der Waals surface area contributed by atoms with Gasteiger partial charge in [-0.15, -0.1) is 10.2 Å². The maximum atomic E-state index is 12.4. The van der Waals surface area contributed by atoms with Gasteiger partial charge in [-0.1, -0.05) is 54.2 Å². The summed E-state index contributed by atoms with van der Waals surface area (Å²) in [6, 6.07) is 14.6. The first-order chi connectivity index (χ1) is 13.5. The fourth-order valence-electron chi connectivity index (χ4n) is 2.62. The van der Waals surface area contributed by atoms with Gasteiger partial charge in [-0.2, -0.15) is 0 Å². The van der Waals surface area contributed by atoms with Crippen LogP contribution in [0.1, 0.15) is 35.3 Å². The van der Waals surface area contributed by atoms with Crippen LogP contribution in [0, 0.1) is 6.92 Å². The molecule has 28 heavy (non-hydrogen) atoms. The fourth-order valence-corrected chi connectivity index (χ4v) is 3.36. The van der Waals surface area contributed by atoms with E-state index in [1.54, 1.807) is 19.1 Å². The Labute approximate surface area is 168 Å². The van der Waals surface area contributed by atoms with Crippen LogP contribution in [0.4, 0.5) is 5.13 Å². The molecule has 0 spiro atoms. The second kappa shape index (κ2) is 8.75. The highest BCUT2D eigenvalue weighted by molar-refractivity contribution is 7.18. The van der Waals surface area contributed by atoms with E-state index in [1.807, 2.05) is 43.3 Å². The van der Waals surface area contributed by atoms with E-state index in [9.17, 15) is 9.59 Å². The molecule has 7 heteroatoms. The summed E-state index contributed by atoms with van der Waals surface area (Å²) >= 11 is 1.29. The molecule has 144 valence electrons. The predicted molar refractivity (Wildman–Crippen MR) is 111 cm³/mol. The Bertz CT molecular complexity index is 982. The van der Waals surface area contributed by atoms with Crippen molar-refractivity contribution in [2.75, 3.05) is 5.32 Å². The van der Waals surface area contributed by atoms with Crippen molar-refractivity contribution in [2.45, 2.75) is 33.2 Å². The molecule has 0 fully saturated rings. The average Bonchev–Trinajstić information content (AvgIpc) is 3.16. The van der Waals surface area contributed by atoms with Crippen LogP contribution in [0.3, 0.4) is 0 Å². The van der Waals surface area contributed by atoms with E-state index in [1.165, 1.54) is 11.3 Å². The minimum absolute atomic E-state index is 0.289. The van der Waals surface area contributed by atoms with Gasteiger partial charge in [0.25, 0.3) is 5.91 Å². The van der Waals surface area contributed by atoms with Gasteiger partial charge in [0, 0.05) is 11.1 Å². The number of hydrogen-bond donors (Lipinski definition) is 2. The molecule has 6 nitrogen and oxygen atoms in total. The van der Waals surface area contributed by atoms with Gasteiger partial charge in [0.15, 0.2) is 0 Å². The summed E-state index contributed by atoms with van der Waals surface area (Å²) in [6.07, 6.45) is 0.910. The zero-order valence-corrected chi connectivity index (χ0v) is 16.8. The van der Waals surface area contributed by atoms with Crippen LogP contribution in [-0.4, -0.2) is 28.1 Å². The van der Waals surface area contributed by atoms with E-state index in [0.29, 0.717) is 10.7 Å². The quantitative estimate of drug-likeness (QED) is 0.665. The van der Waals surface area contributed by atoms with Gasteiger partial charge in [0.1, 0.15) is 11.0 Å². The van der Waals surface area contributed by atoms with Crippen molar-refractivity contribution in [3.8, 4) is 10.6 Å². The molecule has 1 aromatic heterocycles. The van der Waals surface area contributed by atoms with E-state index in [4.69, 9.17) is 0 Å². The maximum Gasteiger partial charge on any atom is 0.251 e. The Hall–Kier alpha value is -3.06. The van der Waals surface area contributed by atoms with Crippen molar-refractivity contribution in [3.05, 3.63) is 65.2 Å². The summed E-state index contributed by atoms with van der Waals surface area (Å²) in [5, 5.41) is 14.7. The van der Waals surface area contributed by atoms with Gasteiger partial charge in [-0.25, -0.2) is 0 Å². The van der Waals surface area contributed by atoms with E-state index in [2.05, 4.69) is 27.8 Å². The molecule has 2 amide bonds. The largest absolute Gasteiger partial charge is 0.341 e. The normalized spacial score (nSPS) is 11.7. The van der Waals surface area contributed by atoms with Crippen LogP contribution in [0.2, 0.25) is 0 Å². The maximum absolute atomic E-state index is 12.4. The van der Waals surface area contributed by atoms with Crippen LogP contribution in [-0.2, 0) is 11.2 Å². The minimum Gasteiger partial charge on any atom is -0.341 e. The number of aromatic nitrogens is 2. The molecule has 3 aromatic rings. The zero-order chi connectivity index (χ0) is 20.1. The number of hydrogen-bond acceptors (Lipinski definition) is 5. The second-order valence-corrected chi connectivity index (χ2v) is 7.49. The second-order valence-electron chi connectivity index (χ2n) is 6.52. The molecule has 1 heterocycles. The topological polar surface area (TPSA) is 84.0 Å². The van der Waals surface area contributed by atoms with Crippen LogP contribution >= 0.6 is 11.3 Å². The number of amides is 2. The summed E-state index contributed by atoms with van der Waals surface area (Å²) in [5.74, 6) is -0.631. The molecule has 2 N–H and O–H groups in total. The van der Waals surface area contributed by atoms with Gasteiger partial charge in [0.05, 0.1) is 0 Å². The van der Waals surface area contributed by atoms with E-state index >= 15 is 0 Å². The molecule has 2 aromatic carbocycles. The molecule has 0 aliphatic carbocycles. The monoisotopic (exact) mass is 394 g/mol. The molecule has 0 aliphatic rings. The van der Waals surface area contributed by atoms with Crippen LogP contribution in [0.25, 0.3) is 10.6 Å². The predicted octanol–water partition coefficient (Wildman–Crippen LogP) is 3.83. The highest BCUT2D eigenvalue weighted by Gasteiger charge is 2.18. The number of nitrogens with zero attached hydrogens (tertiary/aromatic N) is 2. The van der Waals surface area contributed by atoms with Gasteiger partial charge in [-0.3, -0.25) is 14.9 Å². The van der Waals surface area contributed by atoms with Crippen molar-refractivity contribution < 1.29 is 9.59 Å². The van der Waals surface area contributed by atoms with Crippen LogP contribution < -0.4 is 10.6 Å². The van der Waals surface area contributed by atoms with E-state index in [-0.39, 0.29) is 11.8 Å². The lowest BCUT2D eigenvalue weighted by molar-refractivity contribution is -0.117.